The van der Waals surface area contributed by atoms with E-state index in [0.717, 1.165) is 12.0 Å². The third-order valence-corrected chi connectivity index (χ3v) is 4.87. The summed E-state index contributed by atoms with van der Waals surface area (Å²) < 4.78 is 9.60. The van der Waals surface area contributed by atoms with Crippen molar-refractivity contribution in [2.45, 2.75) is 32.0 Å². The number of aryl methyl sites for hydroxylation is 1. The van der Waals surface area contributed by atoms with Crippen molar-refractivity contribution in [3.05, 3.63) is 34.3 Å². The number of nitrogens with zero attached hydrogens (tertiary/aromatic N) is 5. The molecule has 24 heavy (non-hydrogen) atoms. The number of nitrogens with one attached hydrogen (secondary N) is 2. The summed E-state index contributed by atoms with van der Waals surface area (Å²) in [6, 6.07) is 0. The highest BCUT2D eigenvalue weighted by Gasteiger charge is 2.15. The average molecular weight is 346 g/mol. The summed E-state index contributed by atoms with van der Waals surface area (Å²) in [5.74, 6) is 1.51. The third-order valence-electron chi connectivity index (χ3n) is 3.43. The Morgan fingerprint density at radius 2 is 2.04 bits per heavy atom. The maximum absolute atomic E-state index is 12.3. The van der Waals surface area contributed by atoms with Gasteiger partial charge in [-0.05, 0) is 24.0 Å². The van der Waals surface area contributed by atoms with Crippen LogP contribution >= 0.6 is 0 Å². The van der Waals surface area contributed by atoms with Crippen LogP contribution in [-0.2, 0) is 17.2 Å². The van der Waals surface area contributed by atoms with Crippen molar-refractivity contribution in [2.75, 3.05) is 11.5 Å². The van der Waals surface area contributed by atoms with Gasteiger partial charge in [-0.25, -0.2) is 24.7 Å². The average Bonchev–Trinajstić information content (AvgIpc) is 2.87. The number of H-pyrrole nitrogens is 1. The van der Waals surface area contributed by atoms with Crippen LogP contribution in [0.2, 0.25) is 0 Å². The number of hydrogen-bond acceptors (Lipinski definition) is 7. The molecule has 0 fully saturated rings. The van der Waals surface area contributed by atoms with Crippen LogP contribution in [0.4, 0.5) is 5.82 Å². The van der Waals surface area contributed by atoms with Gasteiger partial charge in [0.1, 0.15) is 11.3 Å². The van der Waals surface area contributed by atoms with Gasteiger partial charge in [0, 0.05) is 23.7 Å². The summed E-state index contributed by atoms with van der Waals surface area (Å²) in [6.45, 7) is 4.07. The fourth-order valence-corrected chi connectivity index (χ4v) is 3.26. The van der Waals surface area contributed by atoms with Crippen LogP contribution in [0, 0.1) is 11.7 Å². The lowest BCUT2D eigenvalue weighted by molar-refractivity contribution is 0.761. The number of anilines is 1. The molecule has 3 heterocycles. The van der Waals surface area contributed by atoms with Crippen LogP contribution < -0.4 is 11.4 Å². The normalized spacial score (nSPS) is 12.6. The van der Waals surface area contributed by atoms with Crippen molar-refractivity contribution in [3.63, 3.8) is 0 Å². The fraction of sp³-hybridized carbons (Fsp3) is 0.357. The Morgan fingerprint density at radius 1 is 1.33 bits per heavy atom. The van der Waals surface area contributed by atoms with Gasteiger partial charge in [-0.15, -0.1) is 0 Å². The Balaban J connectivity index is 2.09. The summed E-state index contributed by atoms with van der Waals surface area (Å²) in [4.78, 5) is 31.8. The summed E-state index contributed by atoms with van der Waals surface area (Å²) in [5.41, 5.74) is 7.20. The van der Waals surface area contributed by atoms with Crippen molar-refractivity contribution >= 4 is 27.7 Å². The Kier molecular flexibility index (Phi) is 4.38. The van der Waals surface area contributed by atoms with Crippen molar-refractivity contribution in [1.29, 1.82) is 4.78 Å². The van der Waals surface area contributed by atoms with Gasteiger partial charge in [0.25, 0.3) is 0 Å². The van der Waals surface area contributed by atoms with Gasteiger partial charge in [-0.1, -0.05) is 6.92 Å². The zero-order valence-corrected chi connectivity index (χ0v) is 14.2. The number of aromatic nitrogens is 6. The Morgan fingerprint density at radius 3 is 2.71 bits per heavy atom. The van der Waals surface area contributed by atoms with Gasteiger partial charge in [-0.3, -0.25) is 9.35 Å². The maximum atomic E-state index is 12.3. The first kappa shape index (κ1) is 16.2. The van der Waals surface area contributed by atoms with E-state index in [1.807, 2.05) is 6.92 Å². The van der Waals surface area contributed by atoms with E-state index in [9.17, 15) is 4.79 Å². The number of aromatic amines is 1. The Bertz CT molecular complexity index is 959. The molecule has 0 aliphatic carbocycles. The number of hydrogen-bond donors (Lipinski definition) is 3. The second kappa shape index (κ2) is 6.48. The van der Waals surface area contributed by atoms with E-state index < -0.39 is 10.7 Å². The second-order valence-corrected chi connectivity index (χ2v) is 6.89. The van der Waals surface area contributed by atoms with Crippen LogP contribution in [-0.4, -0.2) is 35.2 Å². The monoisotopic (exact) mass is 346 g/mol. The van der Waals surface area contributed by atoms with Crippen molar-refractivity contribution in [1.82, 2.24) is 29.5 Å². The van der Waals surface area contributed by atoms with Crippen LogP contribution in [0.15, 0.2) is 22.3 Å². The Labute approximate surface area is 140 Å². The van der Waals surface area contributed by atoms with Gasteiger partial charge in [0.05, 0.1) is 6.54 Å². The lowest BCUT2D eigenvalue weighted by Gasteiger charge is -2.06. The molecule has 3 aromatic rings. The van der Waals surface area contributed by atoms with Crippen LogP contribution in [0.5, 0.6) is 0 Å². The van der Waals surface area contributed by atoms with Gasteiger partial charge >= 0.3 is 5.69 Å². The molecule has 126 valence electrons. The second-order valence-electron chi connectivity index (χ2n) is 5.34. The van der Waals surface area contributed by atoms with E-state index in [0.29, 0.717) is 27.9 Å². The first-order valence-corrected chi connectivity index (χ1v) is 8.84. The molecule has 9 nitrogen and oxygen atoms in total. The number of nitrogens with two attached hydrogens (primary N) is 1. The maximum Gasteiger partial charge on any atom is 0.328 e. The highest BCUT2D eigenvalue weighted by atomic mass is 32.2. The minimum absolute atomic E-state index is 0.187. The molecule has 0 saturated carbocycles. The molecule has 1 atom stereocenters. The first-order valence-electron chi connectivity index (χ1n) is 7.45. The van der Waals surface area contributed by atoms with E-state index in [1.165, 1.54) is 4.57 Å². The standard InChI is InChI=1S/C14H18N8OS/c1-3-4-24(16)13-20-11(15)10-12(21-13)22(14(23)19-10)7-9-5-17-8(2)18-6-9/h5-6,16H,3-4,7H2,1-2H3,(H,19,23)(H2,15,20,21). The van der Waals surface area contributed by atoms with Crippen LogP contribution in [0.3, 0.4) is 0 Å². The molecule has 0 saturated heterocycles. The molecule has 0 spiro atoms. The Hall–Kier alpha value is -2.62. The summed E-state index contributed by atoms with van der Waals surface area (Å²) >= 11 is 0. The van der Waals surface area contributed by atoms with Crippen molar-refractivity contribution in [3.8, 4) is 0 Å². The summed E-state index contributed by atoms with van der Waals surface area (Å²) in [5, 5.41) is 0.356. The SMILES string of the molecule is CCCS(=N)c1nc(N)c2[nH]c(=O)n(Cc3cnc(C)nc3)c2n1. The fourth-order valence-electron chi connectivity index (χ4n) is 2.27. The van der Waals surface area contributed by atoms with Crippen LogP contribution in [0.25, 0.3) is 11.2 Å². The largest absolute Gasteiger partial charge is 0.382 e. The number of nitrogen functional groups attached to an aromatic ring is 1. The van der Waals surface area contributed by atoms with Crippen molar-refractivity contribution in [2.24, 2.45) is 0 Å². The minimum atomic E-state index is -0.854. The molecule has 10 heteroatoms. The molecule has 0 amide bonds. The zero-order chi connectivity index (χ0) is 17.3. The highest BCUT2D eigenvalue weighted by Crippen LogP contribution is 2.17. The van der Waals surface area contributed by atoms with E-state index in [1.54, 1.807) is 19.3 Å². The zero-order valence-electron chi connectivity index (χ0n) is 13.4. The lowest BCUT2D eigenvalue weighted by Crippen LogP contribution is -2.18. The molecule has 0 aromatic carbocycles. The molecular formula is C14H18N8OS. The lowest BCUT2D eigenvalue weighted by atomic mass is 10.3. The molecule has 0 aliphatic heterocycles. The molecule has 0 bridgehead atoms. The minimum Gasteiger partial charge on any atom is -0.382 e. The molecule has 1 unspecified atom stereocenters. The predicted octanol–water partition coefficient (Wildman–Crippen LogP) is 0.998. The quantitative estimate of drug-likeness (QED) is 0.589. The summed E-state index contributed by atoms with van der Waals surface area (Å²) in [6.07, 6.45) is 4.20. The number of fused-ring (bicyclic) bond motifs is 1. The van der Waals surface area contributed by atoms with E-state index in [4.69, 9.17) is 10.5 Å². The first-order chi connectivity index (χ1) is 11.5. The van der Waals surface area contributed by atoms with Gasteiger partial charge < -0.3 is 10.7 Å². The van der Waals surface area contributed by atoms with Gasteiger partial charge in [-0.2, -0.15) is 0 Å². The van der Waals surface area contributed by atoms with Crippen molar-refractivity contribution < 1.29 is 0 Å². The molecule has 3 rings (SSSR count). The third kappa shape index (κ3) is 3.04. The smallest absolute Gasteiger partial charge is 0.328 e. The molecule has 0 radical (unpaired) electrons. The molecule has 4 N–H and O–H groups in total. The van der Waals surface area contributed by atoms with Gasteiger partial charge in [0.2, 0.25) is 5.16 Å². The van der Waals surface area contributed by atoms with E-state index in [-0.39, 0.29) is 18.1 Å². The number of rotatable bonds is 5. The topological polar surface area (TPSA) is 139 Å². The van der Waals surface area contributed by atoms with Gasteiger partial charge in [0.15, 0.2) is 11.5 Å². The highest BCUT2D eigenvalue weighted by molar-refractivity contribution is 7.85. The molecule has 3 aromatic heterocycles. The number of imidazole rings is 1. The van der Waals surface area contributed by atoms with E-state index >= 15 is 0 Å². The predicted molar refractivity (Wildman–Crippen MR) is 91.9 cm³/mol. The molecular weight excluding hydrogens is 328 g/mol. The summed E-state index contributed by atoms with van der Waals surface area (Å²) in [7, 11) is -0.854. The van der Waals surface area contributed by atoms with E-state index in [2.05, 4.69) is 24.9 Å². The van der Waals surface area contributed by atoms with Crippen LogP contribution in [0.1, 0.15) is 24.7 Å². The molecule has 0 aliphatic rings.